The number of rotatable bonds is 5. The van der Waals surface area contributed by atoms with Crippen LogP contribution in [0.2, 0.25) is 0 Å². The minimum absolute atomic E-state index is 0.485. The van der Waals surface area contributed by atoms with E-state index < -0.39 is 0 Å². The molecule has 1 fully saturated rings. The largest absolute Gasteiger partial charge is 0.495 e. The first-order valence-electron chi connectivity index (χ1n) is 7.10. The number of pyridine rings is 1. The molecule has 0 saturated heterocycles. The van der Waals surface area contributed by atoms with Crippen molar-refractivity contribution in [2.24, 2.45) is 5.92 Å². The lowest BCUT2D eigenvalue weighted by atomic mass is 10.2. The predicted molar refractivity (Wildman–Crippen MR) is 78.6 cm³/mol. The van der Waals surface area contributed by atoms with Crippen molar-refractivity contribution in [3.63, 3.8) is 0 Å². The maximum atomic E-state index is 5.83. The van der Waals surface area contributed by atoms with E-state index in [9.17, 15) is 0 Å². The van der Waals surface area contributed by atoms with Crippen LogP contribution in [0.3, 0.4) is 0 Å². The maximum Gasteiger partial charge on any atom is 0.219 e. The van der Waals surface area contributed by atoms with Crippen molar-refractivity contribution >= 4 is 0 Å². The van der Waals surface area contributed by atoms with E-state index in [0.717, 1.165) is 29.3 Å². The number of hydrogen-bond acceptors (Lipinski definition) is 5. The highest BCUT2D eigenvalue weighted by Gasteiger charge is 2.40. The van der Waals surface area contributed by atoms with Gasteiger partial charge in [-0.25, -0.2) is 4.98 Å². The Balaban J connectivity index is 1.57. The molecule has 0 unspecified atom stereocenters. The molecule has 0 radical (unpaired) electrons. The molecule has 0 N–H and O–H groups in total. The zero-order valence-electron chi connectivity index (χ0n) is 12.5. The lowest BCUT2D eigenvalue weighted by Gasteiger charge is -2.08. The SMILES string of the molecule is COc1ccc([C@H]2C[C@@H]2COc2nc(C)ncc2C)nc1. The van der Waals surface area contributed by atoms with Gasteiger partial charge in [0.1, 0.15) is 11.6 Å². The number of nitrogens with zero attached hydrogens (tertiary/aromatic N) is 3. The first kappa shape index (κ1) is 13.8. The van der Waals surface area contributed by atoms with Crippen LogP contribution in [0.4, 0.5) is 0 Å². The molecule has 0 bridgehead atoms. The summed E-state index contributed by atoms with van der Waals surface area (Å²) < 4.78 is 11.0. The standard InChI is InChI=1S/C16H19N3O2/c1-10-7-17-11(2)19-16(10)21-9-12-6-14(12)15-5-4-13(20-3)8-18-15/h4-5,7-8,12,14H,6,9H2,1-3H3/t12-,14+/m1/s1. The number of aromatic nitrogens is 3. The van der Waals surface area contributed by atoms with Gasteiger partial charge in [0, 0.05) is 29.3 Å². The minimum Gasteiger partial charge on any atom is -0.495 e. The molecular formula is C16H19N3O2. The fourth-order valence-electron chi connectivity index (χ4n) is 2.37. The first-order valence-corrected chi connectivity index (χ1v) is 7.10. The van der Waals surface area contributed by atoms with Crippen molar-refractivity contribution in [3.05, 3.63) is 41.6 Å². The molecule has 2 aromatic rings. The molecule has 0 spiro atoms. The van der Waals surface area contributed by atoms with Gasteiger partial charge in [-0.2, -0.15) is 4.98 Å². The molecule has 2 heterocycles. The van der Waals surface area contributed by atoms with Gasteiger partial charge in [-0.1, -0.05) is 0 Å². The van der Waals surface area contributed by atoms with Crippen LogP contribution < -0.4 is 9.47 Å². The number of aryl methyl sites for hydroxylation is 2. The van der Waals surface area contributed by atoms with E-state index in [4.69, 9.17) is 9.47 Å². The summed E-state index contributed by atoms with van der Waals surface area (Å²) in [6, 6.07) is 3.99. The van der Waals surface area contributed by atoms with Crippen LogP contribution in [-0.2, 0) is 0 Å². The molecule has 110 valence electrons. The van der Waals surface area contributed by atoms with Gasteiger partial charge in [0.15, 0.2) is 0 Å². The molecule has 0 aliphatic heterocycles. The average Bonchev–Trinajstić information content (AvgIpc) is 3.28. The van der Waals surface area contributed by atoms with Crippen molar-refractivity contribution in [2.45, 2.75) is 26.2 Å². The Kier molecular flexibility index (Phi) is 3.73. The Morgan fingerprint density at radius 1 is 1.19 bits per heavy atom. The van der Waals surface area contributed by atoms with E-state index >= 15 is 0 Å². The molecule has 1 saturated carbocycles. The van der Waals surface area contributed by atoms with Crippen LogP contribution >= 0.6 is 0 Å². The molecule has 3 rings (SSSR count). The molecule has 5 nitrogen and oxygen atoms in total. The van der Waals surface area contributed by atoms with Gasteiger partial charge in [-0.05, 0) is 32.4 Å². The van der Waals surface area contributed by atoms with Crippen LogP contribution in [0.5, 0.6) is 11.6 Å². The second kappa shape index (κ2) is 5.68. The van der Waals surface area contributed by atoms with Crippen LogP contribution in [0.15, 0.2) is 24.5 Å². The van der Waals surface area contributed by atoms with E-state index in [2.05, 4.69) is 15.0 Å². The zero-order chi connectivity index (χ0) is 14.8. The van der Waals surface area contributed by atoms with Crippen molar-refractivity contribution in [1.82, 2.24) is 15.0 Å². The summed E-state index contributed by atoms with van der Waals surface area (Å²) >= 11 is 0. The fourth-order valence-corrected chi connectivity index (χ4v) is 2.37. The molecule has 1 aliphatic carbocycles. The summed E-state index contributed by atoms with van der Waals surface area (Å²) in [5.74, 6) is 3.22. The predicted octanol–water partition coefficient (Wildman–Crippen LogP) is 2.68. The molecule has 1 aliphatic rings. The van der Waals surface area contributed by atoms with E-state index in [0.29, 0.717) is 24.3 Å². The third-order valence-corrected chi connectivity index (χ3v) is 3.78. The molecule has 0 aromatic carbocycles. The van der Waals surface area contributed by atoms with Crippen molar-refractivity contribution in [2.75, 3.05) is 13.7 Å². The van der Waals surface area contributed by atoms with Crippen LogP contribution in [0.1, 0.15) is 29.4 Å². The molecule has 2 atom stereocenters. The summed E-state index contributed by atoms with van der Waals surface area (Å²) in [4.78, 5) is 12.9. The Morgan fingerprint density at radius 2 is 2.05 bits per heavy atom. The minimum atomic E-state index is 0.485. The van der Waals surface area contributed by atoms with Gasteiger partial charge in [-0.3, -0.25) is 4.98 Å². The second-order valence-electron chi connectivity index (χ2n) is 5.44. The van der Waals surface area contributed by atoms with Crippen molar-refractivity contribution in [1.29, 1.82) is 0 Å². The Bertz CT molecular complexity index is 628. The van der Waals surface area contributed by atoms with E-state index in [1.54, 1.807) is 19.5 Å². The van der Waals surface area contributed by atoms with Gasteiger partial charge >= 0.3 is 0 Å². The Morgan fingerprint density at radius 3 is 2.76 bits per heavy atom. The Labute approximate surface area is 124 Å². The van der Waals surface area contributed by atoms with Crippen LogP contribution in [0, 0.1) is 19.8 Å². The average molecular weight is 285 g/mol. The van der Waals surface area contributed by atoms with E-state index in [-0.39, 0.29) is 0 Å². The van der Waals surface area contributed by atoms with Gasteiger partial charge in [0.25, 0.3) is 0 Å². The lowest BCUT2D eigenvalue weighted by Crippen LogP contribution is -2.05. The second-order valence-corrected chi connectivity index (χ2v) is 5.44. The molecular weight excluding hydrogens is 266 g/mol. The smallest absolute Gasteiger partial charge is 0.219 e. The summed E-state index contributed by atoms with van der Waals surface area (Å²) in [5, 5.41) is 0. The highest BCUT2D eigenvalue weighted by Crippen LogP contribution is 2.46. The van der Waals surface area contributed by atoms with Crippen LogP contribution in [0.25, 0.3) is 0 Å². The van der Waals surface area contributed by atoms with Gasteiger partial charge in [-0.15, -0.1) is 0 Å². The zero-order valence-corrected chi connectivity index (χ0v) is 12.5. The number of ether oxygens (including phenoxy) is 2. The quantitative estimate of drug-likeness (QED) is 0.845. The first-order chi connectivity index (χ1) is 10.2. The van der Waals surface area contributed by atoms with Crippen LogP contribution in [-0.4, -0.2) is 28.7 Å². The van der Waals surface area contributed by atoms with E-state index in [1.807, 2.05) is 26.0 Å². The normalized spacial score (nSPS) is 20.1. The topological polar surface area (TPSA) is 57.1 Å². The van der Waals surface area contributed by atoms with Crippen molar-refractivity contribution < 1.29 is 9.47 Å². The van der Waals surface area contributed by atoms with Crippen molar-refractivity contribution in [3.8, 4) is 11.6 Å². The third-order valence-electron chi connectivity index (χ3n) is 3.78. The molecule has 21 heavy (non-hydrogen) atoms. The number of hydrogen-bond donors (Lipinski definition) is 0. The monoisotopic (exact) mass is 285 g/mol. The molecule has 5 heteroatoms. The molecule has 0 amide bonds. The third kappa shape index (κ3) is 3.12. The van der Waals surface area contributed by atoms with E-state index in [1.165, 1.54) is 0 Å². The number of methoxy groups -OCH3 is 1. The van der Waals surface area contributed by atoms with Gasteiger partial charge in [0.2, 0.25) is 5.88 Å². The van der Waals surface area contributed by atoms with Gasteiger partial charge < -0.3 is 9.47 Å². The summed E-state index contributed by atoms with van der Waals surface area (Å²) in [6.45, 7) is 4.51. The summed E-state index contributed by atoms with van der Waals surface area (Å²) in [5.41, 5.74) is 2.08. The Hall–Kier alpha value is -2.17. The highest BCUT2D eigenvalue weighted by atomic mass is 16.5. The molecule has 2 aromatic heterocycles. The summed E-state index contributed by atoms with van der Waals surface area (Å²) in [6.07, 6.45) is 4.68. The lowest BCUT2D eigenvalue weighted by molar-refractivity contribution is 0.282. The maximum absolute atomic E-state index is 5.83. The van der Waals surface area contributed by atoms with Gasteiger partial charge in [0.05, 0.1) is 19.9 Å². The highest BCUT2D eigenvalue weighted by molar-refractivity contribution is 5.26. The summed E-state index contributed by atoms with van der Waals surface area (Å²) in [7, 11) is 1.65. The fraction of sp³-hybridized carbons (Fsp3) is 0.438.